The van der Waals surface area contributed by atoms with Crippen molar-refractivity contribution >= 4 is 10.9 Å². The second kappa shape index (κ2) is 9.12. The van der Waals surface area contributed by atoms with Crippen LogP contribution >= 0.6 is 0 Å². The molecule has 148 valence electrons. The van der Waals surface area contributed by atoms with E-state index in [1.807, 2.05) is 4.68 Å². The fourth-order valence-corrected chi connectivity index (χ4v) is 4.06. The third kappa shape index (κ3) is 4.15. The lowest BCUT2D eigenvalue weighted by Gasteiger charge is -2.28. The SMILES string of the molecule is COCCn1nnnc1[C@H](NCCc1c[nH]c2ccccc12)[C@H]1CC=CCC1. The van der Waals surface area contributed by atoms with Crippen molar-refractivity contribution in [2.45, 2.75) is 38.3 Å². The van der Waals surface area contributed by atoms with Crippen LogP contribution < -0.4 is 5.32 Å². The zero-order valence-corrected chi connectivity index (χ0v) is 16.3. The molecule has 0 saturated carbocycles. The number of aromatic nitrogens is 5. The van der Waals surface area contributed by atoms with Gasteiger partial charge in [0.1, 0.15) is 0 Å². The average molecular weight is 380 g/mol. The molecule has 2 N–H and O–H groups in total. The molecule has 7 nitrogen and oxygen atoms in total. The van der Waals surface area contributed by atoms with Crippen LogP contribution in [0.2, 0.25) is 0 Å². The van der Waals surface area contributed by atoms with Crippen molar-refractivity contribution in [3.63, 3.8) is 0 Å². The number of ether oxygens (including phenoxy) is 1. The molecule has 1 aliphatic rings. The van der Waals surface area contributed by atoms with Crippen LogP contribution in [0, 0.1) is 5.92 Å². The molecule has 0 unspecified atom stereocenters. The average Bonchev–Trinajstić information content (AvgIpc) is 3.37. The van der Waals surface area contributed by atoms with E-state index in [0.29, 0.717) is 19.1 Å². The molecule has 1 aliphatic carbocycles. The highest BCUT2D eigenvalue weighted by Crippen LogP contribution is 2.30. The lowest BCUT2D eigenvalue weighted by atomic mass is 9.87. The number of H-pyrrole nitrogens is 1. The van der Waals surface area contributed by atoms with E-state index in [0.717, 1.165) is 38.1 Å². The first-order valence-electron chi connectivity index (χ1n) is 10.0. The van der Waals surface area contributed by atoms with Gasteiger partial charge in [0.2, 0.25) is 0 Å². The predicted molar refractivity (Wildman–Crippen MR) is 109 cm³/mol. The summed E-state index contributed by atoms with van der Waals surface area (Å²) in [6.07, 6.45) is 11.0. The quantitative estimate of drug-likeness (QED) is 0.558. The summed E-state index contributed by atoms with van der Waals surface area (Å²) in [5.41, 5.74) is 2.53. The Morgan fingerprint density at radius 1 is 1.32 bits per heavy atom. The van der Waals surface area contributed by atoms with Crippen LogP contribution in [0.3, 0.4) is 0 Å². The summed E-state index contributed by atoms with van der Waals surface area (Å²) in [5, 5.41) is 17.5. The molecule has 1 aromatic carbocycles. The smallest absolute Gasteiger partial charge is 0.168 e. The Morgan fingerprint density at radius 3 is 3.11 bits per heavy atom. The zero-order chi connectivity index (χ0) is 19.2. The Hall–Kier alpha value is -2.51. The summed E-state index contributed by atoms with van der Waals surface area (Å²) >= 11 is 0. The molecule has 0 aliphatic heterocycles. The van der Waals surface area contributed by atoms with Crippen LogP contribution in [0.25, 0.3) is 10.9 Å². The Labute approximate surface area is 165 Å². The van der Waals surface area contributed by atoms with Crippen LogP contribution in [-0.2, 0) is 17.7 Å². The molecule has 7 heteroatoms. The number of allylic oxidation sites excluding steroid dienone is 2. The number of rotatable bonds is 9. The van der Waals surface area contributed by atoms with E-state index in [4.69, 9.17) is 4.74 Å². The van der Waals surface area contributed by atoms with Crippen molar-refractivity contribution in [3.8, 4) is 0 Å². The second-order valence-electron chi connectivity index (χ2n) is 7.34. The van der Waals surface area contributed by atoms with Crippen LogP contribution in [0.1, 0.15) is 36.7 Å². The summed E-state index contributed by atoms with van der Waals surface area (Å²) in [7, 11) is 1.70. The molecule has 2 aromatic heterocycles. The van der Waals surface area contributed by atoms with Crippen molar-refractivity contribution in [1.29, 1.82) is 0 Å². The van der Waals surface area contributed by atoms with E-state index in [1.54, 1.807) is 7.11 Å². The minimum absolute atomic E-state index is 0.141. The number of benzene rings is 1. The fraction of sp³-hybridized carbons (Fsp3) is 0.476. The number of nitrogens with zero attached hydrogens (tertiary/aromatic N) is 4. The Balaban J connectivity index is 1.48. The number of nitrogens with one attached hydrogen (secondary N) is 2. The van der Waals surface area contributed by atoms with E-state index >= 15 is 0 Å². The lowest BCUT2D eigenvalue weighted by molar-refractivity contribution is 0.179. The van der Waals surface area contributed by atoms with Crippen LogP contribution in [0.4, 0.5) is 0 Å². The van der Waals surface area contributed by atoms with E-state index in [1.165, 1.54) is 16.5 Å². The van der Waals surface area contributed by atoms with E-state index in [2.05, 4.69) is 68.4 Å². The Bertz CT molecular complexity index is 914. The second-order valence-corrected chi connectivity index (χ2v) is 7.34. The van der Waals surface area contributed by atoms with Gasteiger partial charge in [0.05, 0.1) is 19.2 Å². The number of fused-ring (bicyclic) bond motifs is 1. The first-order chi connectivity index (χ1) is 13.9. The van der Waals surface area contributed by atoms with Crippen molar-refractivity contribution < 1.29 is 4.74 Å². The molecule has 28 heavy (non-hydrogen) atoms. The van der Waals surface area contributed by atoms with Crippen molar-refractivity contribution in [3.05, 3.63) is 54.0 Å². The molecule has 3 aromatic rings. The maximum absolute atomic E-state index is 5.21. The molecule has 0 radical (unpaired) electrons. The van der Waals surface area contributed by atoms with Gasteiger partial charge in [-0.1, -0.05) is 30.4 Å². The molecular formula is C21H28N6O. The van der Waals surface area contributed by atoms with Crippen molar-refractivity contribution in [1.82, 2.24) is 30.5 Å². The van der Waals surface area contributed by atoms with Gasteiger partial charge in [-0.25, -0.2) is 4.68 Å². The number of methoxy groups -OCH3 is 1. The number of tetrazole rings is 1. The number of aromatic amines is 1. The summed E-state index contributed by atoms with van der Waals surface area (Å²) in [4.78, 5) is 3.36. The van der Waals surface area contributed by atoms with Gasteiger partial charge in [-0.15, -0.1) is 5.10 Å². The lowest BCUT2D eigenvalue weighted by Crippen LogP contribution is -2.33. The van der Waals surface area contributed by atoms with Crippen LogP contribution in [-0.4, -0.2) is 45.5 Å². The molecule has 2 atom stereocenters. The highest BCUT2D eigenvalue weighted by atomic mass is 16.5. The van der Waals surface area contributed by atoms with Crippen molar-refractivity contribution in [2.24, 2.45) is 5.92 Å². The minimum Gasteiger partial charge on any atom is -0.383 e. The molecule has 2 heterocycles. The van der Waals surface area contributed by atoms with Gasteiger partial charge in [0.15, 0.2) is 5.82 Å². The number of hydrogen-bond donors (Lipinski definition) is 2. The fourth-order valence-electron chi connectivity index (χ4n) is 4.06. The third-order valence-corrected chi connectivity index (χ3v) is 5.56. The van der Waals surface area contributed by atoms with E-state index in [-0.39, 0.29) is 6.04 Å². The van der Waals surface area contributed by atoms with Gasteiger partial charge < -0.3 is 15.0 Å². The van der Waals surface area contributed by atoms with E-state index < -0.39 is 0 Å². The Kier molecular flexibility index (Phi) is 6.14. The van der Waals surface area contributed by atoms with Gasteiger partial charge >= 0.3 is 0 Å². The Morgan fingerprint density at radius 2 is 2.25 bits per heavy atom. The largest absolute Gasteiger partial charge is 0.383 e. The molecule has 0 amide bonds. The predicted octanol–water partition coefficient (Wildman–Crippen LogP) is 3.03. The summed E-state index contributed by atoms with van der Waals surface area (Å²) in [6.45, 7) is 2.15. The summed E-state index contributed by atoms with van der Waals surface area (Å²) in [6, 6.07) is 8.59. The molecule has 0 fully saturated rings. The normalized spacial score (nSPS) is 18.0. The highest BCUT2D eigenvalue weighted by molar-refractivity contribution is 5.83. The topological polar surface area (TPSA) is 80.7 Å². The van der Waals surface area contributed by atoms with Gasteiger partial charge in [0.25, 0.3) is 0 Å². The molecular weight excluding hydrogens is 352 g/mol. The van der Waals surface area contributed by atoms with E-state index in [9.17, 15) is 0 Å². The van der Waals surface area contributed by atoms with Gasteiger partial charge in [-0.05, 0) is 60.2 Å². The van der Waals surface area contributed by atoms with Crippen LogP contribution in [0.5, 0.6) is 0 Å². The molecule has 0 spiro atoms. The minimum atomic E-state index is 0.141. The highest BCUT2D eigenvalue weighted by Gasteiger charge is 2.28. The molecule has 0 bridgehead atoms. The first kappa shape index (κ1) is 18.8. The summed E-state index contributed by atoms with van der Waals surface area (Å²) in [5.74, 6) is 1.41. The van der Waals surface area contributed by atoms with Gasteiger partial charge in [-0.3, -0.25) is 0 Å². The monoisotopic (exact) mass is 380 g/mol. The number of hydrogen-bond acceptors (Lipinski definition) is 5. The summed E-state index contributed by atoms with van der Waals surface area (Å²) < 4.78 is 7.10. The third-order valence-electron chi connectivity index (χ3n) is 5.56. The number of para-hydroxylation sites is 1. The van der Waals surface area contributed by atoms with Gasteiger partial charge in [0, 0.05) is 24.2 Å². The van der Waals surface area contributed by atoms with Crippen molar-refractivity contribution in [2.75, 3.05) is 20.3 Å². The molecule has 4 rings (SSSR count). The molecule has 0 saturated heterocycles. The maximum atomic E-state index is 5.21. The van der Waals surface area contributed by atoms with Gasteiger partial charge in [-0.2, -0.15) is 0 Å². The zero-order valence-electron chi connectivity index (χ0n) is 16.3. The standard InChI is InChI=1S/C21H28N6O/c1-28-14-13-27-21(24-25-26-27)20(16-7-3-2-4-8-16)22-12-11-17-15-23-19-10-6-5-9-18(17)19/h2-3,5-6,9-10,15-16,20,22-23H,4,7-8,11-14H2,1H3/t16-,20+/m0/s1. The van der Waals surface area contributed by atoms with Crippen LogP contribution in [0.15, 0.2) is 42.6 Å². The first-order valence-corrected chi connectivity index (χ1v) is 10.0. The maximum Gasteiger partial charge on any atom is 0.168 e.